The highest BCUT2D eigenvalue weighted by atomic mass is 32.1. The number of anilines is 1. The van der Waals surface area contributed by atoms with Crippen molar-refractivity contribution in [1.82, 2.24) is 20.2 Å². The molecule has 1 saturated carbocycles. The van der Waals surface area contributed by atoms with Crippen LogP contribution in [0.1, 0.15) is 91.6 Å². The molecule has 1 aliphatic heterocycles. The number of amides is 2. The van der Waals surface area contributed by atoms with Crippen molar-refractivity contribution in [2.45, 2.75) is 90.3 Å². The van der Waals surface area contributed by atoms with E-state index in [0.717, 1.165) is 49.0 Å². The van der Waals surface area contributed by atoms with Crippen molar-refractivity contribution in [1.29, 1.82) is 0 Å². The molecule has 4 rings (SSSR count). The molecule has 2 aromatic rings. The van der Waals surface area contributed by atoms with Crippen molar-refractivity contribution in [3.05, 3.63) is 28.5 Å². The lowest BCUT2D eigenvalue weighted by Gasteiger charge is -2.33. The molecule has 0 radical (unpaired) electrons. The number of aromatic nitrogens is 2. The fourth-order valence-electron chi connectivity index (χ4n) is 4.80. The molecule has 3 N–H and O–H groups in total. The number of rotatable bonds is 7. The molecule has 0 spiro atoms. The van der Waals surface area contributed by atoms with E-state index < -0.39 is 11.5 Å². The molecule has 190 valence electrons. The summed E-state index contributed by atoms with van der Waals surface area (Å²) in [5.41, 5.74) is 1.06. The van der Waals surface area contributed by atoms with E-state index in [1.807, 2.05) is 17.9 Å². The van der Waals surface area contributed by atoms with Crippen LogP contribution in [0, 0.1) is 6.92 Å². The zero-order valence-corrected chi connectivity index (χ0v) is 22.0. The van der Waals surface area contributed by atoms with Gasteiger partial charge in [-0.1, -0.05) is 12.8 Å². The van der Waals surface area contributed by atoms with Gasteiger partial charge in [0, 0.05) is 36.9 Å². The van der Waals surface area contributed by atoms with Crippen LogP contribution in [0.15, 0.2) is 12.3 Å². The maximum atomic E-state index is 13.6. The van der Waals surface area contributed by atoms with E-state index in [4.69, 9.17) is 0 Å². The first-order valence-electron chi connectivity index (χ1n) is 12.7. The Hall–Kier alpha value is -2.52. The summed E-state index contributed by atoms with van der Waals surface area (Å²) >= 11 is 1.21. The molecular formula is C26H37N5O3S. The highest BCUT2D eigenvalue weighted by molar-refractivity contribution is 7.17. The number of nitrogens with zero attached hydrogens (tertiary/aromatic N) is 3. The second kappa shape index (κ2) is 10.6. The van der Waals surface area contributed by atoms with Gasteiger partial charge in [0.25, 0.3) is 11.8 Å². The van der Waals surface area contributed by atoms with Crippen molar-refractivity contribution in [2.75, 3.05) is 18.4 Å². The molecule has 9 heteroatoms. The summed E-state index contributed by atoms with van der Waals surface area (Å²) in [5.74, 6) is 0.301. The number of carbonyl (C=O) groups is 2. The van der Waals surface area contributed by atoms with Crippen LogP contribution in [0.2, 0.25) is 0 Å². The predicted molar refractivity (Wildman–Crippen MR) is 139 cm³/mol. The van der Waals surface area contributed by atoms with Gasteiger partial charge in [0.15, 0.2) is 5.01 Å². The Bertz CT molecular complexity index is 1070. The molecule has 3 heterocycles. The molecule has 1 atom stereocenters. The van der Waals surface area contributed by atoms with Gasteiger partial charge in [-0.05, 0) is 71.4 Å². The van der Waals surface area contributed by atoms with Gasteiger partial charge in [-0.3, -0.25) is 9.59 Å². The molecule has 2 fully saturated rings. The molecule has 0 unspecified atom stereocenters. The molecular weight excluding hydrogens is 462 g/mol. The second-order valence-corrected chi connectivity index (χ2v) is 11.5. The molecule has 0 aromatic carbocycles. The van der Waals surface area contributed by atoms with Crippen molar-refractivity contribution >= 4 is 29.0 Å². The third-order valence-corrected chi connectivity index (χ3v) is 7.92. The fraction of sp³-hybridized carbons (Fsp3) is 0.615. The van der Waals surface area contributed by atoms with E-state index in [0.29, 0.717) is 23.2 Å². The number of thiazole rings is 1. The van der Waals surface area contributed by atoms with Gasteiger partial charge in [0.2, 0.25) is 0 Å². The zero-order valence-electron chi connectivity index (χ0n) is 21.2. The van der Waals surface area contributed by atoms with Crippen LogP contribution in [0.5, 0.6) is 0 Å². The first kappa shape index (κ1) is 25.6. The van der Waals surface area contributed by atoms with Crippen LogP contribution in [0.4, 0.5) is 5.82 Å². The molecule has 35 heavy (non-hydrogen) atoms. The molecule has 1 aliphatic carbocycles. The number of likely N-dealkylation sites (tertiary alicyclic amines) is 1. The Morgan fingerprint density at radius 3 is 2.57 bits per heavy atom. The van der Waals surface area contributed by atoms with E-state index in [1.54, 1.807) is 20.0 Å². The van der Waals surface area contributed by atoms with Gasteiger partial charge in [-0.15, -0.1) is 11.3 Å². The Morgan fingerprint density at radius 2 is 1.91 bits per heavy atom. The summed E-state index contributed by atoms with van der Waals surface area (Å²) in [6.07, 6.45) is 9.64. The zero-order chi connectivity index (χ0) is 25.2. The first-order chi connectivity index (χ1) is 16.6. The Morgan fingerprint density at radius 1 is 1.20 bits per heavy atom. The lowest BCUT2D eigenvalue weighted by atomic mass is 10.0. The molecule has 2 amide bonds. The topological polar surface area (TPSA) is 107 Å². The quantitative estimate of drug-likeness (QED) is 0.522. The number of carbonyl (C=O) groups excluding carboxylic acids is 2. The first-order valence-corrected chi connectivity index (χ1v) is 13.5. The Balaban J connectivity index is 1.66. The van der Waals surface area contributed by atoms with Gasteiger partial charge in [0.1, 0.15) is 11.5 Å². The standard InChI is InChI=1S/C26H37N5O3S/c1-16-13-20(29-18-10-5-6-11-18)27-14-19(16)22-21(25(33)31-12-8-7-9-17(31)2)30-24(35-22)23(32)28-15-26(3,4)34/h13-14,17-18,34H,5-12,15H2,1-4H3,(H,27,29)(H,28,32)/t17-/m0/s1. The van der Waals surface area contributed by atoms with Crippen molar-refractivity contribution in [2.24, 2.45) is 0 Å². The third kappa shape index (κ3) is 6.19. The minimum atomic E-state index is -1.04. The second-order valence-electron chi connectivity index (χ2n) is 10.5. The lowest BCUT2D eigenvalue weighted by Crippen LogP contribution is -2.42. The van der Waals surface area contributed by atoms with Crippen molar-refractivity contribution in [3.8, 4) is 10.4 Å². The average molecular weight is 500 g/mol. The Kier molecular flexibility index (Phi) is 7.76. The van der Waals surface area contributed by atoms with Crippen LogP contribution >= 0.6 is 11.3 Å². The largest absolute Gasteiger partial charge is 0.389 e. The minimum absolute atomic E-state index is 0.0926. The van der Waals surface area contributed by atoms with Gasteiger partial charge in [-0.2, -0.15) is 0 Å². The minimum Gasteiger partial charge on any atom is -0.389 e. The molecule has 0 bridgehead atoms. The predicted octanol–water partition coefficient (Wildman–Crippen LogP) is 4.38. The van der Waals surface area contributed by atoms with Crippen LogP contribution < -0.4 is 10.6 Å². The van der Waals surface area contributed by atoms with E-state index in [-0.39, 0.29) is 23.5 Å². The smallest absolute Gasteiger partial charge is 0.280 e. The Labute approximate surface area is 211 Å². The van der Waals surface area contributed by atoms with E-state index in [9.17, 15) is 14.7 Å². The molecule has 1 saturated heterocycles. The van der Waals surface area contributed by atoms with Gasteiger partial charge >= 0.3 is 0 Å². The number of pyridine rings is 1. The summed E-state index contributed by atoms with van der Waals surface area (Å²) in [7, 11) is 0. The summed E-state index contributed by atoms with van der Waals surface area (Å²) in [5, 5.41) is 16.5. The van der Waals surface area contributed by atoms with E-state index in [2.05, 4.69) is 27.5 Å². The van der Waals surface area contributed by atoms with Gasteiger partial charge in [0.05, 0.1) is 10.5 Å². The summed E-state index contributed by atoms with van der Waals surface area (Å²) in [6, 6.07) is 2.61. The van der Waals surface area contributed by atoms with E-state index >= 15 is 0 Å². The van der Waals surface area contributed by atoms with Crippen molar-refractivity contribution in [3.63, 3.8) is 0 Å². The molecule has 2 aliphatic rings. The molecule has 2 aromatic heterocycles. The third-order valence-electron chi connectivity index (χ3n) is 6.83. The maximum absolute atomic E-state index is 13.6. The number of piperidine rings is 1. The van der Waals surface area contributed by atoms with Gasteiger partial charge < -0.3 is 20.6 Å². The average Bonchev–Trinajstić information content (AvgIpc) is 3.47. The van der Waals surface area contributed by atoms with Crippen LogP contribution in [-0.2, 0) is 0 Å². The number of aliphatic hydroxyl groups is 1. The molecule has 8 nitrogen and oxygen atoms in total. The lowest BCUT2D eigenvalue weighted by molar-refractivity contribution is 0.0630. The van der Waals surface area contributed by atoms with Crippen LogP contribution in [-0.4, -0.2) is 62.6 Å². The maximum Gasteiger partial charge on any atom is 0.280 e. The highest BCUT2D eigenvalue weighted by Crippen LogP contribution is 2.35. The summed E-state index contributed by atoms with van der Waals surface area (Å²) < 4.78 is 0. The fourth-order valence-corrected chi connectivity index (χ4v) is 5.85. The highest BCUT2D eigenvalue weighted by Gasteiger charge is 2.31. The number of hydrogen-bond acceptors (Lipinski definition) is 7. The number of hydrogen-bond donors (Lipinski definition) is 3. The summed E-state index contributed by atoms with van der Waals surface area (Å²) in [4.78, 5) is 38.2. The normalized spacial score (nSPS) is 19.1. The SMILES string of the molecule is Cc1cc(NC2CCCC2)ncc1-c1sc(C(=O)NCC(C)(C)O)nc1C(=O)N1CCCC[C@@H]1C. The summed E-state index contributed by atoms with van der Waals surface area (Å²) in [6.45, 7) is 8.11. The van der Waals surface area contributed by atoms with Crippen molar-refractivity contribution < 1.29 is 14.7 Å². The van der Waals surface area contributed by atoms with Crippen LogP contribution in [0.25, 0.3) is 10.4 Å². The monoisotopic (exact) mass is 499 g/mol. The van der Waals surface area contributed by atoms with Gasteiger partial charge in [-0.25, -0.2) is 9.97 Å². The number of nitrogens with one attached hydrogen (secondary N) is 2. The van der Waals surface area contributed by atoms with Crippen LogP contribution in [0.3, 0.4) is 0 Å². The number of aryl methyl sites for hydroxylation is 1. The van der Waals surface area contributed by atoms with E-state index in [1.165, 1.54) is 24.2 Å².